The van der Waals surface area contributed by atoms with E-state index < -0.39 is 0 Å². The van der Waals surface area contributed by atoms with Crippen LogP contribution in [0.1, 0.15) is 6.42 Å². The minimum atomic E-state index is 0.716. The number of halogens is 1. The molecule has 0 atom stereocenters. The maximum absolute atomic E-state index is 6.09. The first-order valence-electron chi connectivity index (χ1n) is 9.84. The fourth-order valence-corrected chi connectivity index (χ4v) is 3.61. The van der Waals surface area contributed by atoms with Crippen molar-refractivity contribution in [2.75, 3.05) is 32.5 Å². The van der Waals surface area contributed by atoms with Gasteiger partial charge in [0.25, 0.3) is 0 Å². The highest BCUT2D eigenvalue weighted by Crippen LogP contribution is 2.35. The Labute approximate surface area is 176 Å². The Hall–Kier alpha value is -2.89. The molecular weight excluding hydrogens is 382 g/mol. The summed E-state index contributed by atoms with van der Waals surface area (Å²) in [5, 5.41) is 5.28. The zero-order chi connectivity index (χ0) is 20.2. The molecule has 0 spiro atoms. The van der Waals surface area contributed by atoms with E-state index in [0.717, 1.165) is 53.2 Å². The van der Waals surface area contributed by atoms with Crippen LogP contribution in [0.3, 0.4) is 0 Å². The Morgan fingerprint density at radius 2 is 1.76 bits per heavy atom. The van der Waals surface area contributed by atoms with Gasteiger partial charge in [0.2, 0.25) is 0 Å². The standard InChI is InChI=1S/C23H24ClN5/c1-28(2)14-6-13-25-22-21-20(17-7-4-3-5-8-17)15-29(23(21)27-16-26-22)19-11-9-18(24)10-12-19/h3-5,7-12,15-16H,6,13-14H2,1-2H3,(H,25,26,27)/p+1. The molecule has 0 aliphatic rings. The topological polar surface area (TPSA) is 47.2 Å². The van der Waals surface area contributed by atoms with Crippen LogP contribution in [0.4, 0.5) is 5.82 Å². The van der Waals surface area contributed by atoms with Crippen molar-refractivity contribution < 1.29 is 4.90 Å². The molecule has 0 radical (unpaired) electrons. The normalized spacial score (nSPS) is 11.3. The first kappa shape index (κ1) is 19.4. The number of benzene rings is 2. The zero-order valence-corrected chi connectivity index (χ0v) is 17.4. The predicted molar refractivity (Wildman–Crippen MR) is 120 cm³/mol. The second kappa shape index (κ2) is 8.64. The number of aromatic nitrogens is 3. The highest BCUT2D eigenvalue weighted by molar-refractivity contribution is 6.30. The van der Waals surface area contributed by atoms with Crippen molar-refractivity contribution in [1.82, 2.24) is 14.5 Å². The van der Waals surface area contributed by atoms with Crippen molar-refractivity contribution in [2.45, 2.75) is 6.42 Å². The molecular formula is C23H25ClN5+. The van der Waals surface area contributed by atoms with E-state index >= 15 is 0 Å². The van der Waals surface area contributed by atoms with Crippen LogP contribution in [0.5, 0.6) is 0 Å². The van der Waals surface area contributed by atoms with E-state index in [1.165, 1.54) is 4.90 Å². The van der Waals surface area contributed by atoms with Gasteiger partial charge < -0.3 is 14.8 Å². The first-order chi connectivity index (χ1) is 14.1. The van der Waals surface area contributed by atoms with Gasteiger partial charge in [-0.15, -0.1) is 0 Å². The molecule has 0 amide bonds. The fraction of sp³-hybridized carbons (Fsp3) is 0.217. The van der Waals surface area contributed by atoms with Gasteiger partial charge in [0.1, 0.15) is 12.1 Å². The third-order valence-corrected chi connectivity index (χ3v) is 5.17. The van der Waals surface area contributed by atoms with Crippen LogP contribution >= 0.6 is 11.6 Å². The number of rotatable bonds is 7. The molecule has 2 aromatic carbocycles. The van der Waals surface area contributed by atoms with Crippen molar-refractivity contribution in [3.05, 3.63) is 72.1 Å². The lowest BCUT2D eigenvalue weighted by molar-refractivity contribution is -0.858. The molecule has 2 heterocycles. The van der Waals surface area contributed by atoms with Gasteiger partial charge in [0.15, 0.2) is 5.65 Å². The SMILES string of the molecule is C[NH+](C)CCCNc1ncnc2c1c(-c1ccccc1)cn2-c1ccc(Cl)cc1. The third kappa shape index (κ3) is 4.26. The number of nitrogens with zero attached hydrogens (tertiary/aromatic N) is 3. The van der Waals surface area contributed by atoms with Crippen molar-refractivity contribution in [1.29, 1.82) is 0 Å². The third-order valence-electron chi connectivity index (χ3n) is 4.92. The van der Waals surface area contributed by atoms with Gasteiger partial charge in [-0.25, -0.2) is 9.97 Å². The molecule has 0 aliphatic heterocycles. The average molecular weight is 407 g/mol. The highest BCUT2D eigenvalue weighted by Gasteiger charge is 2.17. The molecule has 0 bridgehead atoms. The molecule has 0 saturated carbocycles. The zero-order valence-electron chi connectivity index (χ0n) is 16.7. The maximum atomic E-state index is 6.09. The second-order valence-electron chi connectivity index (χ2n) is 7.41. The number of hydrogen-bond donors (Lipinski definition) is 2. The van der Waals surface area contributed by atoms with E-state index in [-0.39, 0.29) is 0 Å². The fourth-order valence-electron chi connectivity index (χ4n) is 3.48. The average Bonchev–Trinajstić information content (AvgIpc) is 3.13. The molecule has 148 valence electrons. The second-order valence-corrected chi connectivity index (χ2v) is 7.85. The van der Waals surface area contributed by atoms with Gasteiger partial charge in [-0.2, -0.15) is 0 Å². The summed E-state index contributed by atoms with van der Waals surface area (Å²) in [6.07, 6.45) is 4.84. The smallest absolute Gasteiger partial charge is 0.150 e. The molecule has 4 aromatic rings. The lowest BCUT2D eigenvalue weighted by Crippen LogP contribution is -3.05. The van der Waals surface area contributed by atoms with E-state index in [9.17, 15) is 0 Å². The van der Waals surface area contributed by atoms with Gasteiger partial charge >= 0.3 is 0 Å². The summed E-state index contributed by atoms with van der Waals surface area (Å²) in [5.74, 6) is 0.871. The minimum Gasteiger partial charge on any atom is -0.369 e. The molecule has 0 fully saturated rings. The van der Waals surface area contributed by atoms with E-state index in [0.29, 0.717) is 5.02 Å². The van der Waals surface area contributed by atoms with Crippen molar-refractivity contribution in [3.8, 4) is 16.8 Å². The summed E-state index contributed by atoms with van der Waals surface area (Å²) in [7, 11) is 4.34. The number of hydrogen-bond acceptors (Lipinski definition) is 3. The molecule has 2 N–H and O–H groups in total. The largest absolute Gasteiger partial charge is 0.369 e. The molecule has 0 unspecified atom stereocenters. The molecule has 0 saturated heterocycles. The van der Waals surface area contributed by atoms with Crippen molar-refractivity contribution >= 4 is 28.5 Å². The minimum absolute atomic E-state index is 0.716. The Morgan fingerprint density at radius 3 is 2.48 bits per heavy atom. The molecule has 2 aromatic heterocycles. The van der Waals surface area contributed by atoms with Crippen LogP contribution < -0.4 is 10.2 Å². The predicted octanol–water partition coefficient (Wildman–Crippen LogP) is 3.69. The monoisotopic (exact) mass is 406 g/mol. The lowest BCUT2D eigenvalue weighted by atomic mass is 10.1. The van der Waals surface area contributed by atoms with Crippen LogP contribution in [-0.4, -0.2) is 41.7 Å². The molecule has 5 nitrogen and oxygen atoms in total. The Bertz CT molecular complexity index is 1090. The maximum Gasteiger partial charge on any atom is 0.150 e. The first-order valence-corrected chi connectivity index (χ1v) is 10.2. The van der Waals surface area contributed by atoms with Gasteiger partial charge in [-0.05, 0) is 29.8 Å². The summed E-state index contributed by atoms with van der Waals surface area (Å²) in [4.78, 5) is 10.6. The van der Waals surface area contributed by atoms with E-state index in [4.69, 9.17) is 11.6 Å². The Kier molecular flexibility index (Phi) is 5.79. The van der Waals surface area contributed by atoms with Gasteiger partial charge in [0, 0.05) is 35.4 Å². The number of nitrogens with one attached hydrogen (secondary N) is 2. The summed E-state index contributed by atoms with van der Waals surface area (Å²) >= 11 is 6.09. The van der Waals surface area contributed by atoms with Crippen LogP contribution in [-0.2, 0) is 0 Å². The van der Waals surface area contributed by atoms with Crippen LogP contribution in [0, 0.1) is 0 Å². The Balaban J connectivity index is 1.81. The van der Waals surface area contributed by atoms with Gasteiger partial charge in [-0.1, -0.05) is 41.9 Å². The van der Waals surface area contributed by atoms with Crippen LogP contribution in [0.15, 0.2) is 67.1 Å². The lowest BCUT2D eigenvalue weighted by Gasteiger charge is -2.10. The molecule has 4 rings (SSSR count). The van der Waals surface area contributed by atoms with Crippen molar-refractivity contribution in [2.24, 2.45) is 0 Å². The quantitative estimate of drug-likeness (QED) is 0.460. The summed E-state index contributed by atoms with van der Waals surface area (Å²) in [6.45, 7) is 1.98. The summed E-state index contributed by atoms with van der Waals surface area (Å²) < 4.78 is 2.10. The molecule has 29 heavy (non-hydrogen) atoms. The molecule has 6 heteroatoms. The summed E-state index contributed by atoms with van der Waals surface area (Å²) in [6, 6.07) is 18.2. The van der Waals surface area contributed by atoms with E-state index in [1.54, 1.807) is 6.33 Å². The van der Waals surface area contributed by atoms with Crippen LogP contribution in [0.25, 0.3) is 27.8 Å². The van der Waals surface area contributed by atoms with Gasteiger partial charge in [-0.3, -0.25) is 0 Å². The molecule has 0 aliphatic carbocycles. The summed E-state index contributed by atoms with van der Waals surface area (Å²) in [5.41, 5.74) is 4.14. The number of anilines is 1. The number of quaternary nitrogens is 1. The highest BCUT2D eigenvalue weighted by atomic mass is 35.5. The van der Waals surface area contributed by atoms with Crippen molar-refractivity contribution in [3.63, 3.8) is 0 Å². The van der Waals surface area contributed by atoms with Crippen LogP contribution in [0.2, 0.25) is 5.02 Å². The van der Waals surface area contributed by atoms with E-state index in [1.807, 2.05) is 30.3 Å². The number of fused-ring (bicyclic) bond motifs is 1. The van der Waals surface area contributed by atoms with E-state index in [2.05, 4.69) is 64.4 Å². The Morgan fingerprint density at radius 1 is 1.00 bits per heavy atom. The van der Waals surface area contributed by atoms with Gasteiger partial charge in [0.05, 0.1) is 26.0 Å².